The molecule has 0 aromatic carbocycles. The molecule has 8 heteroatoms. The predicted molar refractivity (Wildman–Crippen MR) is 132 cm³/mol. The molecule has 0 atom stereocenters. The van der Waals surface area contributed by atoms with Gasteiger partial charge in [0.1, 0.15) is 22.4 Å². The summed E-state index contributed by atoms with van der Waals surface area (Å²) in [5, 5.41) is 0. The van der Waals surface area contributed by atoms with Crippen molar-refractivity contribution in [1.82, 2.24) is 0 Å². The molecule has 0 unspecified atom stereocenters. The fourth-order valence-corrected chi connectivity index (χ4v) is 1.57. The zero-order valence-corrected chi connectivity index (χ0v) is 22.8. The molecule has 0 aliphatic rings. The van der Waals surface area contributed by atoms with E-state index in [1.807, 2.05) is 0 Å². The summed E-state index contributed by atoms with van der Waals surface area (Å²) >= 11 is 0. The second-order valence-electron chi connectivity index (χ2n) is 10.7. The van der Waals surface area contributed by atoms with Crippen LogP contribution in [0.3, 0.4) is 0 Å². The third kappa shape index (κ3) is 12.9. The lowest BCUT2D eigenvalue weighted by Crippen LogP contribution is -2.43. The van der Waals surface area contributed by atoms with E-state index in [1.165, 1.54) is 0 Å². The molecule has 0 aliphatic carbocycles. The van der Waals surface area contributed by atoms with Crippen molar-refractivity contribution >= 4 is 0 Å². The molecule has 0 spiro atoms. The van der Waals surface area contributed by atoms with Crippen LogP contribution in [0.25, 0.3) is 0 Å². The van der Waals surface area contributed by atoms with Crippen molar-refractivity contribution in [2.45, 2.75) is 116 Å². The highest BCUT2D eigenvalue weighted by atomic mass is 17.3. The largest absolute Gasteiger partial charge is 0.231 e. The zero-order valence-electron chi connectivity index (χ0n) is 22.8. The predicted octanol–water partition coefficient (Wildman–Crippen LogP) is 6.85. The van der Waals surface area contributed by atoms with Crippen molar-refractivity contribution < 1.29 is 39.1 Å². The van der Waals surface area contributed by atoms with Gasteiger partial charge in [-0.3, -0.25) is 0 Å². The van der Waals surface area contributed by atoms with Gasteiger partial charge in [0, 0.05) is 12.8 Å². The summed E-state index contributed by atoms with van der Waals surface area (Å²) in [7, 11) is 0. The fraction of sp³-hybridized carbons (Fsp3) is 0.692. The average Bonchev–Trinajstić information content (AvgIpc) is 2.78. The summed E-state index contributed by atoms with van der Waals surface area (Å²) in [4.78, 5) is 44.9. The summed E-state index contributed by atoms with van der Waals surface area (Å²) in [5.41, 5.74) is -3.10. The van der Waals surface area contributed by atoms with Gasteiger partial charge in [-0.05, 0) is 69.2 Å². The van der Waals surface area contributed by atoms with Crippen LogP contribution in [0.1, 0.15) is 82.1 Å². The van der Waals surface area contributed by atoms with Gasteiger partial charge in [0.2, 0.25) is 11.6 Å². The molecule has 0 N–H and O–H groups in total. The van der Waals surface area contributed by atoms with Crippen LogP contribution >= 0.6 is 0 Å². The first-order chi connectivity index (χ1) is 15.3. The quantitative estimate of drug-likeness (QED) is 0.0849. The molecule has 0 heterocycles. The first-order valence-corrected chi connectivity index (χ1v) is 11.3. The molecule has 0 fully saturated rings. The number of rotatable bonds is 19. The van der Waals surface area contributed by atoms with Gasteiger partial charge in [-0.25, -0.2) is 19.6 Å². The first kappa shape index (κ1) is 32.6. The molecule has 0 rings (SSSR count). The summed E-state index contributed by atoms with van der Waals surface area (Å²) in [5.74, 6) is -2.76. The Kier molecular flexibility index (Phi) is 12.1. The molecule has 0 saturated heterocycles. The minimum atomic E-state index is -1.38. The highest BCUT2D eigenvalue weighted by molar-refractivity contribution is 4.90. The van der Waals surface area contributed by atoms with Gasteiger partial charge in [0.25, 0.3) is 0 Å². The van der Waals surface area contributed by atoms with Gasteiger partial charge < -0.3 is 0 Å². The lowest BCUT2D eigenvalue weighted by atomic mass is 10.1. The molecule has 0 saturated carbocycles. The molecule has 0 amide bonds. The Morgan fingerprint density at radius 3 is 0.706 bits per heavy atom. The Morgan fingerprint density at radius 1 is 0.382 bits per heavy atom. The SMILES string of the molecule is C=CC(C)(C)OOC(C)(CCC(C)(OOC(C)(C)C=C)OOC(C)(C)C=C)OOC(C)(C)C=C. The van der Waals surface area contributed by atoms with Crippen LogP contribution in [-0.4, -0.2) is 34.0 Å². The summed E-state index contributed by atoms with van der Waals surface area (Å²) < 4.78 is 0. The Labute approximate surface area is 206 Å². The topological polar surface area (TPSA) is 73.8 Å². The van der Waals surface area contributed by atoms with Crippen molar-refractivity contribution in [2.75, 3.05) is 0 Å². The van der Waals surface area contributed by atoms with E-state index in [9.17, 15) is 0 Å². The molecular weight excluding hydrogens is 440 g/mol. The Morgan fingerprint density at radius 2 is 0.559 bits per heavy atom. The molecule has 34 heavy (non-hydrogen) atoms. The van der Waals surface area contributed by atoms with E-state index in [0.717, 1.165) is 0 Å². The van der Waals surface area contributed by atoms with Gasteiger partial charge in [0.05, 0.1) is 0 Å². The van der Waals surface area contributed by atoms with Gasteiger partial charge >= 0.3 is 0 Å². The molecule has 0 radical (unpaired) electrons. The molecule has 198 valence electrons. The second-order valence-corrected chi connectivity index (χ2v) is 10.7. The fourth-order valence-electron chi connectivity index (χ4n) is 1.57. The number of hydrogen-bond acceptors (Lipinski definition) is 8. The average molecular weight is 487 g/mol. The maximum atomic E-state index is 5.68. The molecule has 0 aliphatic heterocycles. The van der Waals surface area contributed by atoms with Crippen LogP contribution in [0.4, 0.5) is 0 Å². The van der Waals surface area contributed by atoms with Gasteiger partial charge in [-0.1, -0.05) is 24.3 Å². The summed E-state index contributed by atoms with van der Waals surface area (Å²) in [6, 6.07) is 0. The van der Waals surface area contributed by atoms with Crippen molar-refractivity contribution in [3.05, 3.63) is 50.6 Å². The van der Waals surface area contributed by atoms with Crippen molar-refractivity contribution in [2.24, 2.45) is 0 Å². The first-order valence-electron chi connectivity index (χ1n) is 11.3. The lowest BCUT2D eigenvalue weighted by molar-refractivity contribution is -0.549. The maximum Gasteiger partial charge on any atom is 0.231 e. The Balaban J connectivity index is 5.71. The monoisotopic (exact) mass is 486 g/mol. The van der Waals surface area contributed by atoms with Crippen LogP contribution in [0.15, 0.2) is 50.6 Å². The molecule has 0 aromatic rings. The second kappa shape index (κ2) is 12.6. The third-order valence-corrected chi connectivity index (χ3v) is 4.73. The normalized spacial score (nSPS) is 14.1. The standard InChI is InChI=1S/C26H46O8/c1-15-21(5,6)27-31-25(13,32-28-22(7,8)16-2)19-20-26(14,33-29-23(9,10)17-3)34-30-24(11,12)18-4/h15-18H,1-4,19-20H2,5-14H3. The van der Waals surface area contributed by atoms with E-state index >= 15 is 0 Å². The van der Waals surface area contributed by atoms with Gasteiger partial charge in [0.15, 0.2) is 0 Å². The molecule has 0 bridgehead atoms. The molecule has 0 aromatic heterocycles. The minimum absolute atomic E-state index is 0.180. The van der Waals surface area contributed by atoms with E-state index in [0.29, 0.717) is 0 Å². The van der Waals surface area contributed by atoms with Crippen LogP contribution in [0, 0.1) is 0 Å². The van der Waals surface area contributed by atoms with Crippen molar-refractivity contribution in [3.8, 4) is 0 Å². The van der Waals surface area contributed by atoms with Gasteiger partial charge in [-0.2, -0.15) is 19.6 Å². The molecular formula is C26H46O8. The minimum Gasteiger partial charge on any atom is -0.223 e. The van der Waals surface area contributed by atoms with E-state index in [2.05, 4.69) is 26.3 Å². The van der Waals surface area contributed by atoms with Crippen LogP contribution in [0.5, 0.6) is 0 Å². The van der Waals surface area contributed by atoms with E-state index in [4.69, 9.17) is 39.1 Å². The smallest absolute Gasteiger partial charge is 0.223 e. The van der Waals surface area contributed by atoms with Crippen molar-refractivity contribution in [1.29, 1.82) is 0 Å². The van der Waals surface area contributed by atoms with E-state index in [1.54, 1.807) is 93.5 Å². The van der Waals surface area contributed by atoms with Crippen LogP contribution in [-0.2, 0) is 39.1 Å². The third-order valence-electron chi connectivity index (χ3n) is 4.73. The van der Waals surface area contributed by atoms with E-state index in [-0.39, 0.29) is 12.8 Å². The summed E-state index contributed by atoms with van der Waals surface area (Å²) in [6.45, 7) is 32.7. The maximum absolute atomic E-state index is 5.68. The zero-order chi connectivity index (χ0) is 26.9. The molecule has 8 nitrogen and oxygen atoms in total. The summed E-state index contributed by atoms with van der Waals surface area (Å²) in [6.07, 6.45) is 6.78. The van der Waals surface area contributed by atoms with Crippen LogP contribution < -0.4 is 0 Å². The Bertz CT molecular complexity index is 572. The van der Waals surface area contributed by atoms with Gasteiger partial charge in [-0.15, -0.1) is 26.3 Å². The van der Waals surface area contributed by atoms with E-state index < -0.39 is 34.0 Å². The highest BCUT2D eigenvalue weighted by Gasteiger charge is 2.41. The lowest BCUT2D eigenvalue weighted by Gasteiger charge is -2.36. The number of hydrogen-bond donors (Lipinski definition) is 0. The highest BCUT2D eigenvalue weighted by Crippen LogP contribution is 2.33. The van der Waals surface area contributed by atoms with Crippen LogP contribution in [0.2, 0.25) is 0 Å². The Hall–Kier alpha value is -1.36. The van der Waals surface area contributed by atoms with Crippen molar-refractivity contribution in [3.63, 3.8) is 0 Å².